The van der Waals surface area contributed by atoms with Gasteiger partial charge in [0.15, 0.2) is 0 Å². The van der Waals surface area contributed by atoms with E-state index in [-0.39, 0.29) is 6.61 Å². The summed E-state index contributed by atoms with van der Waals surface area (Å²) in [5, 5.41) is 11.2. The highest BCUT2D eigenvalue weighted by Gasteiger charge is 1.95. The van der Waals surface area contributed by atoms with Crippen LogP contribution in [0.2, 0.25) is 0 Å². The number of rotatable bonds is 11. The fourth-order valence-electron chi connectivity index (χ4n) is 0.774. The van der Waals surface area contributed by atoms with Gasteiger partial charge in [0.05, 0.1) is 33.0 Å². The number of ether oxygens (including phenoxy) is 3. The van der Waals surface area contributed by atoms with Crippen molar-refractivity contribution in [1.29, 1.82) is 0 Å². The number of aliphatic carboxylic acids is 1. The lowest BCUT2D eigenvalue weighted by Gasteiger charge is -2.05. The van der Waals surface area contributed by atoms with Crippen LogP contribution in [-0.4, -0.2) is 64.3 Å². The summed E-state index contributed by atoms with van der Waals surface area (Å²) in [7, 11) is 1.86. The smallest absolute Gasteiger partial charge is 0.329 e. The Labute approximate surface area is 89.5 Å². The molecule has 0 heterocycles. The molecular weight excluding hydrogens is 202 g/mol. The van der Waals surface area contributed by atoms with Gasteiger partial charge >= 0.3 is 5.97 Å². The fourth-order valence-corrected chi connectivity index (χ4v) is 0.774. The van der Waals surface area contributed by atoms with Crippen molar-refractivity contribution in [2.75, 3.05) is 53.2 Å². The van der Waals surface area contributed by atoms with Gasteiger partial charge in [-0.25, -0.2) is 4.79 Å². The third kappa shape index (κ3) is 13.3. The summed E-state index contributed by atoms with van der Waals surface area (Å²) in [6.45, 7) is 2.94. The number of nitrogens with one attached hydrogen (secondary N) is 1. The number of carboxylic acid groups (broad SMARTS) is 1. The molecule has 0 atom stereocenters. The highest BCUT2D eigenvalue weighted by Crippen LogP contribution is 1.80. The van der Waals surface area contributed by atoms with Crippen molar-refractivity contribution in [2.45, 2.75) is 0 Å². The summed E-state index contributed by atoms with van der Waals surface area (Å²) in [5.41, 5.74) is 0. The Morgan fingerprint density at radius 1 is 1.07 bits per heavy atom. The van der Waals surface area contributed by atoms with Crippen molar-refractivity contribution < 1.29 is 24.1 Å². The minimum Gasteiger partial charge on any atom is -0.480 e. The molecule has 0 rings (SSSR count). The minimum absolute atomic E-state index is 0.276. The van der Waals surface area contributed by atoms with E-state index in [1.807, 2.05) is 7.05 Å². The number of hydrogen-bond donors (Lipinski definition) is 2. The van der Waals surface area contributed by atoms with E-state index >= 15 is 0 Å². The third-order valence-electron chi connectivity index (χ3n) is 1.47. The number of carbonyl (C=O) groups is 1. The van der Waals surface area contributed by atoms with E-state index in [1.165, 1.54) is 0 Å². The maximum absolute atomic E-state index is 10.0. The molecular formula is C9H19NO5. The number of hydrogen-bond acceptors (Lipinski definition) is 5. The van der Waals surface area contributed by atoms with Crippen LogP contribution < -0.4 is 5.32 Å². The maximum Gasteiger partial charge on any atom is 0.329 e. The summed E-state index contributed by atoms with van der Waals surface area (Å²) in [6.07, 6.45) is 0. The van der Waals surface area contributed by atoms with Crippen LogP contribution in [-0.2, 0) is 19.0 Å². The topological polar surface area (TPSA) is 77.0 Å². The molecule has 0 aliphatic rings. The predicted octanol–water partition coefficient (Wildman–Crippen LogP) is -0.660. The Balaban J connectivity index is 2.89. The summed E-state index contributed by atoms with van der Waals surface area (Å²) >= 11 is 0. The lowest BCUT2D eigenvalue weighted by Crippen LogP contribution is -2.17. The first-order valence-electron chi connectivity index (χ1n) is 4.87. The van der Waals surface area contributed by atoms with Crippen LogP contribution in [0.4, 0.5) is 0 Å². The fraction of sp³-hybridized carbons (Fsp3) is 0.889. The van der Waals surface area contributed by atoms with Crippen LogP contribution in [0.1, 0.15) is 0 Å². The summed E-state index contributed by atoms with van der Waals surface area (Å²) in [4.78, 5) is 10.0. The first-order valence-corrected chi connectivity index (χ1v) is 4.87. The largest absolute Gasteiger partial charge is 0.480 e. The molecule has 0 bridgehead atoms. The summed E-state index contributed by atoms with van der Waals surface area (Å²) < 4.78 is 15.1. The second-order valence-corrected chi connectivity index (χ2v) is 2.77. The van der Waals surface area contributed by atoms with Crippen LogP contribution in [0.25, 0.3) is 0 Å². The lowest BCUT2D eigenvalue weighted by atomic mass is 10.6. The normalized spacial score (nSPS) is 10.5. The van der Waals surface area contributed by atoms with Gasteiger partial charge in [-0.2, -0.15) is 0 Å². The Hall–Kier alpha value is -0.690. The minimum atomic E-state index is -0.967. The van der Waals surface area contributed by atoms with Crippen LogP contribution in [0.3, 0.4) is 0 Å². The molecule has 0 saturated carbocycles. The molecule has 0 radical (unpaired) electrons. The van der Waals surface area contributed by atoms with Gasteiger partial charge in [0, 0.05) is 6.54 Å². The molecule has 6 nitrogen and oxygen atoms in total. The van der Waals surface area contributed by atoms with Crippen LogP contribution in [0.5, 0.6) is 0 Å². The van der Waals surface area contributed by atoms with E-state index in [1.54, 1.807) is 0 Å². The molecule has 0 aliphatic heterocycles. The van der Waals surface area contributed by atoms with Gasteiger partial charge in [-0.15, -0.1) is 0 Å². The molecule has 15 heavy (non-hydrogen) atoms. The van der Waals surface area contributed by atoms with Crippen molar-refractivity contribution in [3.8, 4) is 0 Å². The zero-order valence-electron chi connectivity index (χ0n) is 9.03. The molecule has 0 spiro atoms. The number of carboxylic acids is 1. The van der Waals surface area contributed by atoms with Crippen LogP contribution in [0.15, 0.2) is 0 Å². The molecule has 0 saturated heterocycles. The predicted molar refractivity (Wildman–Crippen MR) is 54.0 cm³/mol. The third-order valence-corrected chi connectivity index (χ3v) is 1.47. The second kappa shape index (κ2) is 11.4. The van der Waals surface area contributed by atoms with E-state index in [9.17, 15) is 4.79 Å². The average Bonchev–Trinajstić information content (AvgIpc) is 2.20. The van der Waals surface area contributed by atoms with Crippen molar-refractivity contribution in [2.24, 2.45) is 0 Å². The molecule has 0 aromatic heterocycles. The zero-order chi connectivity index (χ0) is 11.4. The molecule has 6 heteroatoms. The average molecular weight is 221 g/mol. The summed E-state index contributed by atoms with van der Waals surface area (Å²) in [5.74, 6) is -0.967. The van der Waals surface area contributed by atoms with Gasteiger partial charge in [-0.3, -0.25) is 0 Å². The quantitative estimate of drug-likeness (QED) is 0.451. The van der Waals surface area contributed by atoms with Gasteiger partial charge in [0.2, 0.25) is 0 Å². The zero-order valence-corrected chi connectivity index (χ0v) is 9.03. The highest BCUT2D eigenvalue weighted by atomic mass is 16.5. The Morgan fingerprint density at radius 3 is 2.13 bits per heavy atom. The van der Waals surface area contributed by atoms with Crippen LogP contribution in [0, 0.1) is 0 Å². The van der Waals surface area contributed by atoms with E-state index < -0.39 is 5.97 Å². The molecule has 0 fully saturated rings. The standard InChI is InChI=1S/C9H19NO5/c1-10-2-3-13-4-5-14-6-7-15-8-9(11)12/h10H,2-8H2,1H3,(H,11,12). The van der Waals surface area contributed by atoms with Gasteiger partial charge in [0.25, 0.3) is 0 Å². The maximum atomic E-state index is 10.0. The van der Waals surface area contributed by atoms with E-state index in [2.05, 4.69) is 5.32 Å². The second-order valence-electron chi connectivity index (χ2n) is 2.77. The molecule has 0 unspecified atom stereocenters. The molecule has 90 valence electrons. The van der Waals surface area contributed by atoms with Crippen molar-refractivity contribution in [3.63, 3.8) is 0 Å². The van der Waals surface area contributed by atoms with Gasteiger partial charge in [0.1, 0.15) is 6.61 Å². The number of likely N-dealkylation sites (N-methyl/N-ethyl adjacent to an activating group) is 1. The van der Waals surface area contributed by atoms with Crippen molar-refractivity contribution in [3.05, 3.63) is 0 Å². The van der Waals surface area contributed by atoms with Crippen molar-refractivity contribution in [1.82, 2.24) is 5.32 Å². The molecule has 0 amide bonds. The highest BCUT2D eigenvalue weighted by molar-refractivity contribution is 5.67. The van der Waals surface area contributed by atoms with E-state index in [4.69, 9.17) is 19.3 Å². The SMILES string of the molecule is CNCCOCCOCCOCC(=O)O. The first kappa shape index (κ1) is 14.3. The Bertz CT molecular complexity index is 153. The summed E-state index contributed by atoms with van der Waals surface area (Å²) in [6, 6.07) is 0. The Morgan fingerprint density at radius 2 is 1.60 bits per heavy atom. The first-order chi connectivity index (χ1) is 7.27. The van der Waals surface area contributed by atoms with E-state index in [0.717, 1.165) is 6.54 Å². The van der Waals surface area contributed by atoms with Gasteiger partial charge < -0.3 is 24.6 Å². The van der Waals surface area contributed by atoms with Crippen LogP contribution >= 0.6 is 0 Å². The van der Waals surface area contributed by atoms with Gasteiger partial charge in [-0.1, -0.05) is 0 Å². The molecule has 0 aromatic rings. The van der Waals surface area contributed by atoms with Gasteiger partial charge in [-0.05, 0) is 7.05 Å². The van der Waals surface area contributed by atoms with E-state index in [0.29, 0.717) is 33.0 Å². The molecule has 0 aliphatic carbocycles. The lowest BCUT2D eigenvalue weighted by molar-refractivity contribution is -0.142. The monoisotopic (exact) mass is 221 g/mol. The molecule has 2 N–H and O–H groups in total. The Kier molecular flexibility index (Phi) is 10.9. The molecule has 0 aromatic carbocycles. The van der Waals surface area contributed by atoms with Crippen molar-refractivity contribution >= 4 is 5.97 Å².